The van der Waals surface area contributed by atoms with Gasteiger partial charge in [-0.25, -0.2) is 4.99 Å². The highest BCUT2D eigenvalue weighted by Crippen LogP contribution is 2.31. The number of methoxy groups -OCH3 is 2. The van der Waals surface area contributed by atoms with Crippen molar-refractivity contribution in [2.24, 2.45) is 4.99 Å². The van der Waals surface area contributed by atoms with Crippen molar-refractivity contribution < 1.29 is 23.4 Å². The fourth-order valence-electron chi connectivity index (χ4n) is 3.47. The summed E-state index contributed by atoms with van der Waals surface area (Å²) in [5.41, 5.74) is 1.76. The lowest BCUT2D eigenvalue weighted by Gasteiger charge is -2.11. The smallest absolute Gasteiger partial charge is 0.256 e. The van der Waals surface area contributed by atoms with Gasteiger partial charge in [0.2, 0.25) is 5.55 Å². The van der Waals surface area contributed by atoms with Crippen molar-refractivity contribution in [3.63, 3.8) is 0 Å². The van der Waals surface area contributed by atoms with E-state index in [2.05, 4.69) is 26.2 Å². The van der Waals surface area contributed by atoms with E-state index in [1.807, 2.05) is 18.2 Å². The van der Waals surface area contributed by atoms with Gasteiger partial charge in [0, 0.05) is 29.1 Å². The molecule has 0 radical (unpaired) electrons. The van der Waals surface area contributed by atoms with Gasteiger partial charge in [-0.15, -0.1) is 0 Å². The minimum atomic E-state index is -0.264. The summed E-state index contributed by atoms with van der Waals surface area (Å²) in [6.07, 6.45) is 2.00. The van der Waals surface area contributed by atoms with Crippen LogP contribution in [0, 0.1) is 0 Å². The van der Waals surface area contributed by atoms with Gasteiger partial charge in [0.25, 0.3) is 5.91 Å². The molecule has 31 heavy (non-hydrogen) atoms. The van der Waals surface area contributed by atoms with E-state index < -0.39 is 0 Å². The number of rotatable bonds is 6. The topological polar surface area (TPSA) is 82.3 Å². The first-order valence-corrected chi connectivity index (χ1v) is 10.8. The first-order chi connectivity index (χ1) is 15.1. The van der Waals surface area contributed by atoms with Crippen LogP contribution in [0.1, 0.15) is 23.2 Å². The number of nitrogens with zero attached hydrogens (tertiary/aromatic N) is 1. The Labute approximate surface area is 188 Å². The van der Waals surface area contributed by atoms with E-state index in [4.69, 9.17) is 18.6 Å². The third kappa shape index (κ3) is 4.91. The number of hydrogen-bond donors (Lipinski definition) is 1. The Hall–Kier alpha value is -2.84. The molecule has 1 fully saturated rings. The summed E-state index contributed by atoms with van der Waals surface area (Å²) in [6, 6.07) is 12.7. The lowest BCUT2D eigenvalue weighted by Crippen LogP contribution is -2.34. The SMILES string of the molecule is COc1ccc(N=c2oc3ccc(Br)cc3cc2C(=O)NC[C@@H]2CCCO2)cc1OC. The number of benzene rings is 2. The Bertz CT molecular complexity index is 1170. The van der Waals surface area contributed by atoms with Crippen molar-refractivity contribution in [2.75, 3.05) is 27.4 Å². The molecular weight excluding hydrogens is 464 g/mol. The van der Waals surface area contributed by atoms with Gasteiger partial charge in [0.15, 0.2) is 11.5 Å². The molecule has 162 valence electrons. The van der Waals surface area contributed by atoms with E-state index >= 15 is 0 Å². The first-order valence-electron chi connectivity index (χ1n) is 9.97. The Morgan fingerprint density at radius 1 is 1.16 bits per heavy atom. The van der Waals surface area contributed by atoms with E-state index in [9.17, 15) is 4.79 Å². The highest BCUT2D eigenvalue weighted by atomic mass is 79.9. The molecule has 1 aliphatic heterocycles. The normalized spacial score (nSPS) is 16.5. The molecule has 1 amide bonds. The van der Waals surface area contributed by atoms with Crippen molar-refractivity contribution in [3.8, 4) is 11.5 Å². The largest absolute Gasteiger partial charge is 0.493 e. The summed E-state index contributed by atoms with van der Waals surface area (Å²) >= 11 is 3.46. The van der Waals surface area contributed by atoms with Gasteiger partial charge in [0.05, 0.1) is 26.0 Å². The molecule has 0 unspecified atom stereocenters. The number of halogens is 1. The number of amides is 1. The summed E-state index contributed by atoms with van der Waals surface area (Å²) < 4.78 is 23.2. The summed E-state index contributed by atoms with van der Waals surface area (Å²) in [7, 11) is 3.13. The molecule has 1 N–H and O–H groups in total. The Balaban J connectivity index is 1.76. The lowest BCUT2D eigenvalue weighted by molar-refractivity contribution is 0.0854. The van der Waals surface area contributed by atoms with Gasteiger partial charge in [-0.05, 0) is 49.2 Å². The van der Waals surface area contributed by atoms with E-state index in [0.717, 1.165) is 29.3 Å². The number of carbonyl (C=O) groups excluding carboxylic acids is 1. The number of nitrogens with one attached hydrogen (secondary N) is 1. The fourth-order valence-corrected chi connectivity index (χ4v) is 3.84. The lowest BCUT2D eigenvalue weighted by atomic mass is 10.1. The van der Waals surface area contributed by atoms with Crippen LogP contribution in [0.5, 0.6) is 11.5 Å². The van der Waals surface area contributed by atoms with Gasteiger partial charge in [-0.1, -0.05) is 15.9 Å². The van der Waals surface area contributed by atoms with Gasteiger partial charge < -0.3 is 23.9 Å². The molecule has 1 atom stereocenters. The van der Waals surface area contributed by atoms with Crippen LogP contribution in [0.2, 0.25) is 0 Å². The summed E-state index contributed by atoms with van der Waals surface area (Å²) in [4.78, 5) is 17.6. The number of fused-ring (bicyclic) bond motifs is 1. The van der Waals surface area contributed by atoms with Gasteiger partial charge in [-0.3, -0.25) is 4.79 Å². The molecular formula is C23H23BrN2O5. The highest BCUT2D eigenvalue weighted by molar-refractivity contribution is 9.10. The quantitative estimate of drug-likeness (QED) is 0.559. The average Bonchev–Trinajstić information content (AvgIpc) is 3.30. The molecule has 0 spiro atoms. The Kier molecular flexibility index (Phi) is 6.58. The van der Waals surface area contributed by atoms with Crippen LogP contribution in [0.25, 0.3) is 11.0 Å². The Morgan fingerprint density at radius 3 is 2.74 bits per heavy atom. The van der Waals surface area contributed by atoms with Crippen molar-refractivity contribution in [1.82, 2.24) is 5.32 Å². The van der Waals surface area contributed by atoms with Crippen LogP contribution in [-0.2, 0) is 4.74 Å². The zero-order valence-electron chi connectivity index (χ0n) is 17.3. The minimum Gasteiger partial charge on any atom is -0.493 e. The molecule has 2 heterocycles. The predicted octanol–water partition coefficient (Wildman–Crippen LogP) is 4.35. The highest BCUT2D eigenvalue weighted by Gasteiger charge is 2.19. The monoisotopic (exact) mass is 486 g/mol. The third-order valence-electron chi connectivity index (χ3n) is 5.07. The van der Waals surface area contributed by atoms with Crippen LogP contribution in [0.15, 0.2) is 56.3 Å². The van der Waals surface area contributed by atoms with Crippen molar-refractivity contribution in [3.05, 3.63) is 58.1 Å². The zero-order chi connectivity index (χ0) is 21.8. The molecule has 1 aliphatic rings. The first kappa shape index (κ1) is 21.4. The summed E-state index contributed by atoms with van der Waals surface area (Å²) in [6.45, 7) is 1.19. The Morgan fingerprint density at radius 2 is 2.00 bits per heavy atom. The molecule has 2 aromatic carbocycles. The summed E-state index contributed by atoms with van der Waals surface area (Å²) in [5, 5.41) is 3.74. The number of hydrogen-bond acceptors (Lipinski definition) is 6. The van der Waals surface area contributed by atoms with Crippen molar-refractivity contribution >= 4 is 38.5 Å². The van der Waals surface area contributed by atoms with Crippen LogP contribution in [0.3, 0.4) is 0 Å². The third-order valence-corrected chi connectivity index (χ3v) is 5.56. The van der Waals surface area contributed by atoms with E-state index in [-0.39, 0.29) is 17.6 Å². The van der Waals surface area contributed by atoms with E-state index in [1.54, 1.807) is 38.5 Å². The fraction of sp³-hybridized carbons (Fsp3) is 0.304. The molecule has 0 saturated carbocycles. The second kappa shape index (κ2) is 9.53. The average molecular weight is 487 g/mol. The zero-order valence-corrected chi connectivity index (χ0v) is 18.9. The standard InChI is InChI=1S/C23H23BrN2O5/c1-28-20-8-6-16(12-21(20)29-2)26-23-18(22(27)25-13-17-4-3-9-30-17)11-14-10-15(24)5-7-19(14)31-23/h5-8,10-12,17H,3-4,9,13H2,1-2H3,(H,25,27)/t17-/m0/s1. The molecule has 1 aromatic heterocycles. The molecule has 1 saturated heterocycles. The molecule has 0 bridgehead atoms. The summed E-state index contributed by atoms with van der Waals surface area (Å²) in [5.74, 6) is 0.870. The molecule has 3 aromatic rings. The van der Waals surface area contributed by atoms with Crippen LogP contribution in [-0.4, -0.2) is 39.4 Å². The molecule has 8 heteroatoms. The van der Waals surface area contributed by atoms with Crippen LogP contribution in [0.4, 0.5) is 5.69 Å². The molecule has 4 rings (SSSR count). The van der Waals surface area contributed by atoms with Crippen molar-refractivity contribution in [1.29, 1.82) is 0 Å². The maximum Gasteiger partial charge on any atom is 0.256 e. The number of carbonyl (C=O) groups is 1. The number of ether oxygens (including phenoxy) is 3. The molecule has 7 nitrogen and oxygen atoms in total. The second-order valence-electron chi connectivity index (χ2n) is 7.14. The van der Waals surface area contributed by atoms with E-state index in [0.29, 0.717) is 34.9 Å². The molecule has 0 aliphatic carbocycles. The van der Waals surface area contributed by atoms with E-state index in [1.165, 1.54) is 0 Å². The maximum absolute atomic E-state index is 13.0. The van der Waals surface area contributed by atoms with Gasteiger partial charge in [-0.2, -0.15) is 0 Å². The van der Waals surface area contributed by atoms with Crippen LogP contribution >= 0.6 is 15.9 Å². The maximum atomic E-state index is 13.0. The van der Waals surface area contributed by atoms with Gasteiger partial charge in [0.1, 0.15) is 11.1 Å². The second-order valence-corrected chi connectivity index (χ2v) is 8.06. The van der Waals surface area contributed by atoms with Gasteiger partial charge >= 0.3 is 0 Å². The predicted molar refractivity (Wildman–Crippen MR) is 120 cm³/mol. The van der Waals surface area contributed by atoms with Crippen molar-refractivity contribution in [2.45, 2.75) is 18.9 Å². The minimum absolute atomic E-state index is 0.0433. The van der Waals surface area contributed by atoms with Crippen LogP contribution < -0.4 is 20.3 Å².